The molecule has 2 rings (SSSR count). The summed E-state index contributed by atoms with van der Waals surface area (Å²) in [5.74, 6) is 0.677. The molecular formula is C21H26N2O4S. The Bertz CT molecular complexity index is 839. The fourth-order valence-corrected chi connectivity index (χ4v) is 3.02. The predicted octanol–water partition coefficient (Wildman–Crippen LogP) is 3.17. The number of benzene rings is 2. The Morgan fingerprint density at radius 2 is 1.86 bits per heavy atom. The zero-order valence-electron chi connectivity index (χ0n) is 16.6. The van der Waals surface area contributed by atoms with Crippen molar-refractivity contribution in [2.45, 2.75) is 25.3 Å². The van der Waals surface area contributed by atoms with Crippen molar-refractivity contribution in [3.63, 3.8) is 0 Å². The molecule has 2 aromatic rings. The smallest absolute Gasteiger partial charge is 0.257 e. The summed E-state index contributed by atoms with van der Waals surface area (Å²) < 4.78 is 10.9. The summed E-state index contributed by atoms with van der Waals surface area (Å²) in [6.07, 6.45) is 1.98. The molecule has 0 aliphatic heterocycles. The van der Waals surface area contributed by atoms with Crippen LogP contribution in [0.2, 0.25) is 0 Å². The zero-order valence-corrected chi connectivity index (χ0v) is 17.4. The number of nitrogens with one attached hydrogen (secondary N) is 2. The van der Waals surface area contributed by atoms with Crippen LogP contribution < -0.4 is 20.1 Å². The second-order valence-corrected chi connectivity index (χ2v) is 6.97. The molecule has 150 valence electrons. The maximum atomic E-state index is 12.5. The Hall–Kier alpha value is -2.67. The number of thioether (sulfide) groups is 1. The highest BCUT2D eigenvalue weighted by molar-refractivity contribution is 7.98. The molecule has 0 saturated carbocycles. The van der Waals surface area contributed by atoms with Crippen LogP contribution in [0.4, 0.5) is 0 Å². The molecule has 0 atom stereocenters. The summed E-state index contributed by atoms with van der Waals surface area (Å²) >= 11 is 1.60. The van der Waals surface area contributed by atoms with Gasteiger partial charge in [0.2, 0.25) is 0 Å². The van der Waals surface area contributed by atoms with Crippen molar-refractivity contribution in [1.82, 2.24) is 10.6 Å². The normalized spacial score (nSPS) is 10.3. The highest BCUT2D eigenvalue weighted by atomic mass is 32.2. The number of ether oxygens (including phenoxy) is 2. The highest BCUT2D eigenvalue weighted by Crippen LogP contribution is 2.28. The molecule has 0 aliphatic carbocycles. The lowest BCUT2D eigenvalue weighted by Gasteiger charge is -2.13. The first kappa shape index (κ1) is 21.6. The Morgan fingerprint density at radius 1 is 1.07 bits per heavy atom. The third-order valence-corrected chi connectivity index (χ3v) is 4.83. The molecule has 0 bridgehead atoms. The van der Waals surface area contributed by atoms with Crippen LogP contribution in [-0.4, -0.2) is 38.3 Å². The number of hydrogen-bond donors (Lipinski definition) is 2. The fraction of sp³-hybridized carbons (Fsp3) is 0.333. The van der Waals surface area contributed by atoms with Crippen molar-refractivity contribution in [1.29, 1.82) is 0 Å². The van der Waals surface area contributed by atoms with Crippen LogP contribution in [0.3, 0.4) is 0 Å². The van der Waals surface area contributed by atoms with Gasteiger partial charge in [0.1, 0.15) is 0 Å². The SMILES string of the molecule is CCNC(=O)COc1ccc(CNC(=O)c2cc(SC)ccc2C)cc1OC. The molecular weight excluding hydrogens is 376 g/mol. The second-order valence-electron chi connectivity index (χ2n) is 6.09. The van der Waals surface area contributed by atoms with Gasteiger partial charge in [0, 0.05) is 23.5 Å². The Labute approximate surface area is 170 Å². The van der Waals surface area contributed by atoms with E-state index in [-0.39, 0.29) is 18.4 Å². The second kappa shape index (κ2) is 10.6. The van der Waals surface area contributed by atoms with Gasteiger partial charge in [-0.2, -0.15) is 0 Å². The number of amides is 2. The average Bonchev–Trinajstić information content (AvgIpc) is 2.71. The number of hydrogen-bond acceptors (Lipinski definition) is 5. The van der Waals surface area contributed by atoms with Crippen molar-refractivity contribution < 1.29 is 19.1 Å². The van der Waals surface area contributed by atoms with E-state index >= 15 is 0 Å². The van der Waals surface area contributed by atoms with Crippen LogP contribution in [0.1, 0.15) is 28.4 Å². The molecule has 0 radical (unpaired) electrons. The molecule has 2 aromatic carbocycles. The zero-order chi connectivity index (χ0) is 20.5. The van der Waals surface area contributed by atoms with E-state index < -0.39 is 0 Å². The number of likely N-dealkylation sites (N-methyl/N-ethyl adjacent to an activating group) is 1. The van der Waals surface area contributed by atoms with E-state index in [0.29, 0.717) is 30.2 Å². The minimum Gasteiger partial charge on any atom is -0.493 e. The average molecular weight is 403 g/mol. The predicted molar refractivity (Wildman–Crippen MR) is 111 cm³/mol. The lowest BCUT2D eigenvalue weighted by molar-refractivity contribution is -0.123. The van der Waals surface area contributed by atoms with Gasteiger partial charge in [-0.25, -0.2) is 0 Å². The summed E-state index contributed by atoms with van der Waals surface area (Å²) in [5.41, 5.74) is 2.47. The number of rotatable bonds is 9. The number of aryl methyl sites for hydroxylation is 1. The van der Waals surface area contributed by atoms with Gasteiger partial charge in [0.15, 0.2) is 18.1 Å². The van der Waals surface area contributed by atoms with E-state index in [9.17, 15) is 9.59 Å². The third-order valence-electron chi connectivity index (χ3n) is 4.10. The van der Waals surface area contributed by atoms with E-state index in [1.54, 1.807) is 23.9 Å². The van der Waals surface area contributed by atoms with Crippen molar-refractivity contribution >= 4 is 23.6 Å². The molecule has 2 N–H and O–H groups in total. The number of methoxy groups -OCH3 is 1. The van der Waals surface area contributed by atoms with Crippen LogP contribution in [0.15, 0.2) is 41.3 Å². The summed E-state index contributed by atoms with van der Waals surface area (Å²) in [6.45, 7) is 4.60. The standard InChI is InChI=1S/C21H26N2O4S/c1-5-22-20(24)13-27-18-9-7-15(10-19(18)26-3)12-23-21(25)17-11-16(28-4)8-6-14(17)2/h6-11H,5,12-13H2,1-4H3,(H,22,24)(H,23,25). The van der Waals surface area contributed by atoms with Crippen LogP contribution in [0.5, 0.6) is 11.5 Å². The van der Waals surface area contributed by atoms with E-state index in [1.807, 2.05) is 44.4 Å². The Morgan fingerprint density at radius 3 is 2.54 bits per heavy atom. The van der Waals surface area contributed by atoms with Gasteiger partial charge in [0.25, 0.3) is 11.8 Å². The van der Waals surface area contributed by atoms with E-state index in [2.05, 4.69) is 10.6 Å². The maximum absolute atomic E-state index is 12.5. The van der Waals surface area contributed by atoms with Gasteiger partial charge >= 0.3 is 0 Å². The molecule has 0 saturated heterocycles. The van der Waals surface area contributed by atoms with Crippen molar-refractivity contribution in [2.75, 3.05) is 26.5 Å². The van der Waals surface area contributed by atoms with Gasteiger partial charge in [-0.05, 0) is 55.5 Å². The lowest BCUT2D eigenvalue weighted by Crippen LogP contribution is -2.28. The van der Waals surface area contributed by atoms with Crippen LogP contribution in [0.25, 0.3) is 0 Å². The molecule has 2 amide bonds. The van der Waals surface area contributed by atoms with Gasteiger partial charge in [-0.15, -0.1) is 11.8 Å². The molecule has 0 aromatic heterocycles. The monoisotopic (exact) mass is 402 g/mol. The van der Waals surface area contributed by atoms with E-state index in [0.717, 1.165) is 16.0 Å². The maximum Gasteiger partial charge on any atom is 0.257 e. The lowest BCUT2D eigenvalue weighted by atomic mass is 10.1. The summed E-state index contributed by atoms with van der Waals surface area (Å²) in [4.78, 5) is 25.1. The van der Waals surface area contributed by atoms with E-state index in [4.69, 9.17) is 9.47 Å². The summed E-state index contributed by atoms with van der Waals surface area (Å²) in [6, 6.07) is 11.2. The molecule has 6 nitrogen and oxygen atoms in total. The first-order valence-corrected chi connectivity index (χ1v) is 10.2. The van der Waals surface area contributed by atoms with Crippen LogP contribution in [-0.2, 0) is 11.3 Å². The van der Waals surface area contributed by atoms with E-state index in [1.165, 1.54) is 7.11 Å². The topological polar surface area (TPSA) is 76.7 Å². The summed E-state index contributed by atoms with van der Waals surface area (Å²) in [5, 5.41) is 5.61. The number of carbonyl (C=O) groups is 2. The first-order valence-electron chi connectivity index (χ1n) is 8.97. The highest BCUT2D eigenvalue weighted by Gasteiger charge is 2.12. The fourth-order valence-electron chi connectivity index (χ4n) is 2.58. The molecule has 0 unspecified atom stereocenters. The number of carbonyl (C=O) groups excluding carboxylic acids is 2. The van der Waals surface area contributed by atoms with Crippen molar-refractivity contribution in [2.24, 2.45) is 0 Å². The molecule has 0 heterocycles. The third kappa shape index (κ3) is 5.92. The molecule has 7 heteroatoms. The van der Waals surface area contributed by atoms with Crippen molar-refractivity contribution in [3.05, 3.63) is 53.1 Å². The summed E-state index contributed by atoms with van der Waals surface area (Å²) in [7, 11) is 1.54. The van der Waals surface area contributed by atoms with Crippen molar-refractivity contribution in [3.8, 4) is 11.5 Å². The van der Waals surface area contributed by atoms with Crippen LogP contribution in [0, 0.1) is 6.92 Å². The largest absolute Gasteiger partial charge is 0.493 e. The molecule has 0 spiro atoms. The minimum atomic E-state index is -0.191. The molecule has 0 fully saturated rings. The molecule has 28 heavy (non-hydrogen) atoms. The van der Waals surface area contributed by atoms with Gasteiger partial charge in [-0.3, -0.25) is 9.59 Å². The molecule has 0 aliphatic rings. The van der Waals surface area contributed by atoms with Gasteiger partial charge in [-0.1, -0.05) is 12.1 Å². The van der Waals surface area contributed by atoms with Gasteiger partial charge < -0.3 is 20.1 Å². The minimum absolute atomic E-state index is 0.0780. The first-order chi connectivity index (χ1) is 13.5. The van der Waals surface area contributed by atoms with Gasteiger partial charge in [0.05, 0.1) is 7.11 Å². The van der Waals surface area contributed by atoms with Crippen LogP contribution >= 0.6 is 11.8 Å². The quantitative estimate of drug-likeness (QED) is 0.630. The Balaban J connectivity index is 2.02. The Kier molecular flexibility index (Phi) is 8.19.